The predicted molar refractivity (Wildman–Crippen MR) is 77.0 cm³/mol. The summed E-state index contributed by atoms with van der Waals surface area (Å²) in [5.41, 5.74) is 1.01. The molecule has 1 saturated carbocycles. The largest absolute Gasteiger partial charge is 0.310 e. The Kier molecular flexibility index (Phi) is 5.19. The Hall–Kier alpha value is -0.410. The van der Waals surface area contributed by atoms with Crippen LogP contribution in [-0.4, -0.2) is 6.04 Å². The Morgan fingerprint density at radius 2 is 2.06 bits per heavy atom. The fourth-order valence-corrected chi connectivity index (χ4v) is 3.18. The lowest BCUT2D eigenvalue weighted by molar-refractivity contribution is 0.446. The van der Waals surface area contributed by atoms with Gasteiger partial charge in [0.05, 0.1) is 0 Å². The quantitative estimate of drug-likeness (QED) is 0.801. The Morgan fingerprint density at radius 3 is 2.83 bits per heavy atom. The molecule has 0 spiro atoms. The van der Waals surface area contributed by atoms with Gasteiger partial charge in [0.1, 0.15) is 5.82 Å². The molecule has 3 heteroatoms. The van der Waals surface area contributed by atoms with Crippen molar-refractivity contribution in [3.63, 3.8) is 0 Å². The minimum atomic E-state index is -0.171. The second-order valence-corrected chi connectivity index (χ2v) is 6.38. The number of benzene rings is 1. The van der Waals surface area contributed by atoms with E-state index < -0.39 is 0 Å². The minimum Gasteiger partial charge on any atom is -0.310 e. The highest BCUT2D eigenvalue weighted by Gasteiger charge is 2.15. The van der Waals surface area contributed by atoms with Crippen molar-refractivity contribution in [1.29, 1.82) is 0 Å². The first-order valence-electron chi connectivity index (χ1n) is 6.82. The Morgan fingerprint density at radius 1 is 1.22 bits per heavy atom. The molecule has 1 aromatic carbocycles. The lowest BCUT2D eigenvalue weighted by Crippen LogP contribution is -2.28. The minimum absolute atomic E-state index is 0.171. The van der Waals surface area contributed by atoms with Gasteiger partial charge in [0, 0.05) is 17.1 Å². The van der Waals surface area contributed by atoms with Crippen LogP contribution in [-0.2, 0) is 6.54 Å². The van der Waals surface area contributed by atoms with Gasteiger partial charge in [-0.15, -0.1) is 0 Å². The average molecular weight is 314 g/mol. The summed E-state index contributed by atoms with van der Waals surface area (Å²) >= 11 is 3.33. The molecule has 0 heterocycles. The molecule has 0 aliphatic heterocycles. The number of rotatable bonds is 3. The molecule has 2 unspecified atom stereocenters. The first-order valence-corrected chi connectivity index (χ1v) is 7.61. The summed E-state index contributed by atoms with van der Waals surface area (Å²) in [6.45, 7) is 3.10. The monoisotopic (exact) mass is 313 g/mol. The number of hydrogen-bond acceptors (Lipinski definition) is 1. The summed E-state index contributed by atoms with van der Waals surface area (Å²) in [6.07, 6.45) is 6.47. The highest BCUT2D eigenvalue weighted by atomic mass is 79.9. The van der Waals surface area contributed by atoms with E-state index in [0.29, 0.717) is 6.04 Å². The molecular formula is C15H21BrFN. The third-order valence-corrected chi connectivity index (χ3v) is 4.23. The lowest BCUT2D eigenvalue weighted by atomic mass is 10.0. The van der Waals surface area contributed by atoms with Crippen LogP contribution in [0.3, 0.4) is 0 Å². The molecule has 0 radical (unpaired) electrons. The molecule has 0 bridgehead atoms. The van der Waals surface area contributed by atoms with Crippen LogP contribution in [0.15, 0.2) is 22.7 Å². The highest BCUT2D eigenvalue weighted by molar-refractivity contribution is 9.10. The fraction of sp³-hybridized carbons (Fsp3) is 0.600. The van der Waals surface area contributed by atoms with Crippen molar-refractivity contribution in [3.05, 3.63) is 34.1 Å². The Balaban J connectivity index is 1.86. The summed E-state index contributed by atoms with van der Waals surface area (Å²) in [6, 6.07) is 5.68. The normalized spacial score (nSPS) is 24.8. The summed E-state index contributed by atoms with van der Waals surface area (Å²) < 4.78 is 14.1. The number of nitrogens with one attached hydrogen (secondary N) is 1. The maximum Gasteiger partial charge on any atom is 0.124 e. The van der Waals surface area contributed by atoms with Gasteiger partial charge >= 0.3 is 0 Å². The van der Waals surface area contributed by atoms with Crippen molar-refractivity contribution in [2.24, 2.45) is 5.92 Å². The molecule has 1 N–H and O–H groups in total. The first-order chi connectivity index (χ1) is 8.63. The van der Waals surface area contributed by atoms with Crippen LogP contribution >= 0.6 is 15.9 Å². The van der Waals surface area contributed by atoms with Crippen molar-refractivity contribution in [2.45, 2.75) is 51.6 Å². The maximum atomic E-state index is 13.3. The van der Waals surface area contributed by atoms with Gasteiger partial charge in [0.15, 0.2) is 0 Å². The van der Waals surface area contributed by atoms with E-state index in [0.717, 1.165) is 22.5 Å². The summed E-state index contributed by atoms with van der Waals surface area (Å²) in [4.78, 5) is 0. The van der Waals surface area contributed by atoms with Crippen molar-refractivity contribution in [1.82, 2.24) is 5.32 Å². The molecular weight excluding hydrogens is 293 g/mol. The lowest BCUT2D eigenvalue weighted by Gasteiger charge is -2.16. The Bertz CT molecular complexity index is 374. The molecule has 2 rings (SSSR count). The molecule has 1 aliphatic rings. The smallest absolute Gasteiger partial charge is 0.124 e. The van der Waals surface area contributed by atoms with E-state index in [1.807, 2.05) is 6.07 Å². The van der Waals surface area contributed by atoms with Crippen LogP contribution in [0.4, 0.5) is 4.39 Å². The molecule has 18 heavy (non-hydrogen) atoms. The molecule has 0 saturated heterocycles. The van der Waals surface area contributed by atoms with Gasteiger partial charge in [-0.1, -0.05) is 35.7 Å². The van der Waals surface area contributed by atoms with Crippen LogP contribution < -0.4 is 5.32 Å². The van der Waals surface area contributed by atoms with Crippen molar-refractivity contribution in [2.75, 3.05) is 0 Å². The molecule has 1 fully saturated rings. The zero-order chi connectivity index (χ0) is 13.0. The third-order valence-electron chi connectivity index (χ3n) is 3.77. The topological polar surface area (TPSA) is 12.0 Å². The summed E-state index contributed by atoms with van der Waals surface area (Å²) in [5, 5.41) is 3.57. The van der Waals surface area contributed by atoms with E-state index in [1.54, 1.807) is 6.07 Å². The van der Waals surface area contributed by atoms with Crippen molar-refractivity contribution >= 4 is 15.9 Å². The van der Waals surface area contributed by atoms with E-state index in [2.05, 4.69) is 28.2 Å². The van der Waals surface area contributed by atoms with Crippen LogP contribution in [0.1, 0.15) is 44.6 Å². The second kappa shape index (κ2) is 6.67. The van der Waals surface area contributed by atoms with Gasteiger partial charge in [-0.05, 0) is 48.9 Å². The molecule has 1 aliphatic carbocycles. The number of hydrogen-bond donors (Lipinski definition) is 1. The van der Waals surface area contributed by atoms with Gasteiger partial charge in [-0.25, -0.2) is 4.39 Å². The van der Waals surface area contributed by atoms with Crippen LogP contribution in [0.5, 0.6) is 0 Å². The molecule has 1 aromatic rings. The zero-order valence-corrected chi connectivity index (χ0v) is 12.5. The van der Waals surface area contributed by atoms with E-state index in [9.17, 15) is 4.39 Å². The second-order valence-electron chi connectivity index (χ2n) is 5.47. The molecule has 0 aromatic heterocycles. The van der Waals surface area contributed by atoms with Gasteiger partial charge in [-0.2, -0.15) is 0 Å². The maximum absolute atomic E-state index is 13.3. The Labute approximate surface area is 117 Å². The predicted octanol–water partition coefficient (Wildman–Crippen LogP) is 4.65. The standard InChI is InChI=1S/C15H21BrFN/c1-11-3-2-4-15(6-5-11)18-10-12-7-13(16)9-14(17)8-12/h7-9,11,15,18H,2-6,10H2,1H3. The average Bonchev–Trinajstić information content (AvgIpc) is 2.50. The SMILES string of the molecule is CC1CCCC(NCc2cc(F)cc(Br)c2)CC1. The van der Waals surface area contributed by atoms with Crippen LogP contribution in [0.2, 0.25) is 0 Å². The summed E-state index contributed by atoms with van der Waals surface area (Å²) in [7, 11) is 0. The summed E-state index contributed by atoms with van der Waals surface area (Å²) in [5.74, 6) is 0.691. The zero-order valence-electron chi connectivity index (χ0n) is 10.9. The van der Waals surface area contributed by atoms with Crippen LogP contribution in [0, 0.1) is 11.7 Å². The first kappa shape index (κ1) is 14.0. The van der Waals surface area contributed by atoms with Gasteiger partial charge in [-0.3, -0.25) is 0 Å². The molecule has 100 valence electrons. The van der Waals surface area contributed by atoms with E-state index >= 15 is 0 Å². The van der Waals surface area contributed by atoms with E-state index in [-0.39, 0.29) is 5.82 Å². The third kappa shape index (κ3) is 4.36. The van der Waals surface area contributed by atoms with Gasteiger partial charge < -0.3 is 5.32 Å². The highest BCUT2D eigenvalue weighted by Crippen LogP contribution is 2.23. The van der Waals surface area contributed by atoms with E-state index in [4.69, 9.17) is 0 Å². The molecule has 0 amide bonds. The number of halogens is 2. The fourth-order valence-electron chi connectivity index (χ4n) is 2.67. The van der Waals surface area contributed by atoms with Crippen molar-refractivity contribution in [3.8, 4) is 0 Å². The van der Waals surface area contributed by atoms with E-state index in [1.165, 1.54) is 38.2 Å². The molecule has 1 nitrogen and oxygen atoms in total. The van der Waals surface area contributed by atoms with Crippen LogP contribution in [0.25, 0.3) is 0 Å². The van der Waals surface area contributed by atoms with Crippen molar-refractivity contribution < 1.29 is 4.39 Å². The molecule has 2 atom stereocenters. The van der Waals surface area contributed by atoms with Gasteiger partial charge in [0.25, 0.3) is 0 Å². The van der Waals surface area contributed by atoms with Gasteiger partial charge in [0.2, 0.25) is 0 Å².